The van der Waals surface area contributed by atoms with Crippen LogP contribution in [0, 0.1) is 0 Å². The van der Waals surface area contributed by atoms with Crippen molar-refractivity contribution in [3.8, 4) is 0 Å². The van der Waals surface area contributed by atoms with Crippen molar-refractivity contribution in [2.75, 3.05) is 6.26 Å². The molecule has 4 nitrogen and oxygen atoms in total. The summed E-state index contributed by atoms with van der Waals surface area (Å²) in [7, 11) is 0. The summed E-state index contributed by atoms with van der Waals surface area (Å²) in [5.74, 6) is 0. The second kappa shape index (κ2) is 3.35. The lowest BCUT2D eigenvalue weighted by atomic mass is 10.3. The average molecular weight is 194 g/mol. The highest BCUT2D eigenvalue weighted by atomic mass is 32.2. The van der Waals surface area contributed by atoms with E-state index in [0.29, 0.717) is 6.54 Å². The third-order valence-electron chi connectivity index (χ3n) is 1.80. The van der Waals surface area contributed by atoms with Crippen molar-refractivity contribution in [3.05, 3.63) is 17.8 Å². The Kier molecular flexibility index (Phi) is 2.20. The Labute approximate surface area is 80.0 Å². The molecular formula is C8H10N4S. The van der Waals surface area contributed by atoms with Crippen molar-refractivity contribution in [1.29, 1.82) is 0 Å². The van der Waals surface area contributed by atoms with Crippen LogP contribution in [0.2, 0.25) is 0 Å². The van der Waals surface area contributed by atoms with E-state index in [0.717, 1.165) is 21.9 Å². The Balaban J connectivity index is 2.57. The molecular weight excluding hydrogens is 184 g/mol. The first kappa shape index (κ1) is 8.52. The predicted octanol–water partition coefficient (Wildman–Crippen LogP) is 1.14. The number of aromatic nitrogens is 3. The fourth-order valence-corrected chi connectivity index (χ4v) is 1.52. The molecule has 0 amide bonds. The predicted molar refractivity (Wildman–Crippen MR) is 53.6 cm³/mol. The smallest absolute Gasteiger partial charge is 0.178 e. The van der Waals surface area contributed by atoms with E-state index in [4.69, 9.17) is 5.73 Å². The summed E-state index contributed by atoms with van der Waals surface area (Å²) in [6, 6.07) is 1.98. The number of fused-ring (bicyclic) bond motifs is 1. The standard InChI is InChI=1S/C8H10N4S/c1-13-8-11-6-2-5(3-9)4-10-7(6)12-8/h2,4H,3,9H2,1H3,(H,10,11,12). The number of thioether (sulfide) groups is 1. The molecule has 0 unspecified atom stereocenters. The normalized spacial score (nSPS) is 10.9. The van der Waals surface area contributed by atoms with Crippen LogP contribution in [0.25, 0.3) is 11.2 Å². The van der Waals surface area contributed by atoms with Crippen LogP contribution in [0.15, 0.2) is 17.4 Å². The molecule has 0 fully saturated rings. The van der Waals surface area contributed by atoms with Crippen LogP contribution in [0.3, 0.4) is 0 Å². The third-order valence-corrected chi connectivity index (χ3v) is 2.38. The molecule has 0 saturated heterocycles. The van der Waals surface area contributed by atoms with Crippen LogP contribution in [0.5, 0.6) is 0 Å². The molecule has 2 aromatic heterocycles. The summed E-state index contributed by atoms with van der Waals surface area (Å²) in [5, 5.41) is 0.886. The number of rotatable bonds is 2. The lowest BCUT2D eigenvalue weighted by molar-refractivity contribution is 1.06. The zero-order chi connectivity index (χ0) is 9.26. The van der Waals surface area contributed by atoms with Gasteiger partial charge in [0.25, 0.3) is 0 Å². The van der Waals surface area contributed by atoms with Gasteiger partial charge in [-0.25, -0.2) is 9.97 Å². The molecule has 2 rings (SSSR count). The molecule has 68 valence electrons. The van der Waals surface area contributed by atoms with Crippen molar-refractivity contribution in [2.24, 2.45) is 5.73 Å². The largest absolute Gasteiger partial charge is 0.332 e. The molecule has 5 heteroatoms. The summed E-state index contributed by atoms with van der Waals surface area (Å²) >= 11 is 1.57. The number of hydrogen-bond acceptors (Lipinski definition) is 4. The van der Waals surface area contributed by atoms with Crippen molar-refractivity contribution in [1.82, 2.24) is 15.0 Å². The molecule has 2 aromatic rings. The number of hydrogen-bond donors (Lipinski definition) is 2. The highest BCUT2D eigenvalue weighted by Crippen LogP contribution is 2.16. The molecule has 0 aromatic carbocycles. The fraction of sp³-hybridized carbons (Fsp3) is 0.250. The van der Waals surface area contributed by atoms with Gasteiger partial charge in [-0.05, 0) is 17.9 Å². The summed E-state index contributed by atoms with van der Waals surface area (Å²) in [4.78, 5) is 11.6. The third kappa shape index (κ3) is 1.52. The van der Waals surface area contributed by atoms with E-state index in [9.17, 15) is 0 Å². The van der Waals surface area contributed by atoms with Gasteiger partial charge in [-0.3, -0.25) is 0 Å². The van der Waals surface area contributed by atoms with Gasteiger partial charge in [0.1, 0.15) is 0 Å². The molecule has 0 atom stereocenters. The van der Waals surface area contributed by atoms with Gasteiger partial charge in [-0.1, -0.05) is 11.8 Å². The van der Waals surface area contributed by atoms with E-state index in [1.54, 1.807) is 18.0 Å². The van der Waals surface area contributed by atoms with Crippen molar-refractivity contribution in [2.45, 2.75) is 11.7 Å². The van der Waals surface area contributed by atoms with Gasteiger partial charge in [0, 0.05) is 12.7 Å². The summed E-state index contributed by atoms with van der Waals surface area (Å²) < 4.78 is 0. The first-order chi connectivity index (χ1) is 6.33. The van der Waals surface area contributed by atoms with E-state index in [1.807, 2.05) is 12.3 Å². The lowest BCUT2D eigenvalue weighted by Crippen LogP contribution is -1.96. The minimum absolute atomic E-state index is 0.510. The van der Waals surface area contributed by atoms with E-state index in [1.165, 1.54) is 0 Å². The Morgan fingerprint density at radius 3 is 3.15 bits per heavy atom. The average Bonchev–Trinajstić information content (AvgIpc) is 2.58. The quantitative estimate of drug-likeness (QED) is 0.703. The van der Waals surface area contributed by atoms with Crippen LogP contribution in [0.4, 0.5) is 0 Å². The van der Waals surface area contributed by atoms with Gasteiger partial charge < -0.3 is 10.7 Å². The van der Waals surface area contributed by atoms with Crippen LogP contribution in [0.1, 0.15) is 5.56 Å². The fourth-order valence-electron chi connectivity index (χ4n) is 1.13. The minimum Gasteiger partial charge on any atom is -0.332 e. The van der Waals surface area contributed by atoms with Gasteiger partial charge in [-0.15, -0.1) is 0 Å². The van der Waals surface area contributed by atoms with Crippen molar-refractivity contribution >= 4 is 22.9 Å². The number of H-pyrrole nitrogens is 1. The Bertz CT molecular complexity index is 421. The van der Waals surface area contributed by atoms with Crippen molar-refractivity contribution in [3.63, 3.8) is 0 Å². The van der Waals surface area contributed by atoms with Crippen LogP contribution < -0.4 is 5.73 Å². The summed E-state index contributed by atoms with van der Waals surface area (Å²) in [6.07, 6.45) is 3.73. The lowest BCUT2D eigenvalue weighted by Gasteiger charge is -1.93. The van der Waals surface area contributed by atoms with Gasteiger partial charge in [0.2, 0.25) is 0 Å². The maximum absolute atomic E-state index is 5.50. The van der Waals surface area contributed by atoms with E-state index in [-0.39, 0.29) is 0 Å². The number of nitrogens with one attached hydrogen (secondary N) is 1. The number of nitrogens with zero attached hydrogens (tertiary/aromatic N) is 2. The number of imidazole rings is 1. The van der Waals surface area contributed by atoms with Crippen LogP contribution in [-0.2, 0) is 6.54 Å². The molecule has 2 heterocycles. The Morgan fingerprint density at radius 2 is 2.46 bits per heavy atom. The minimum atomic E-state index is 0.510. The molecule has 0 aliphatic carbocycles. The number of pyridine rings is 1. The molecule has 0 radical (unpaired) electrons. The monoisotopic (exact) mass is 194 g/mol. The van der Waals surface area contributed by atoms with Crippen LogP contribution >= 0.6 is 11.8 Å². The molecule has 3 N–H and O–H groups in total. The highest BCUT2D eigenvalue weighted by molar-refractivity contribution is 7.98. The Hall–Kier alpha value is -1.07. The van der Waals surface area contributed by atoms with E-state index < -0.39 is 0 Å². The van der Waals surface area contributed by atoms with Crippen LogP contribution in [-0.4, -0.2) is 21.2 Å². The van der Waals surface area contributed by atoms with E-state index in [2.05, 4.69) is 15.0 Å². The Morgan fingerprint density at radius 1 is 1.62 bits per heavy atom. The molecule has 0 aliphatic heterocycles. The van der Waals surface area contributed by atoms with Gasteiger partial charge in [-0.2, -0.15) is 0 Å². The zero-order valence-electron chi connectivity index (χ0n) is 7.24. The molecule has 0 bridgehead atoms. The first-order valence-electron chi connectivity index (χ1n) is 3.92. The maximum atomic E-state index is 5.50. The zero-order valence-corrected chi connectivity index (χ0v) is 8.06. The number of nitrogens with two attached hydrogens (primary N) is 1. The van der Waals surface area contributed by atoms with E-state index >= 15 is 0 Å². The topological polar surface area (TPSA) is 67.6 Å². The molecule has 0 saturated carbocycles. The molecule has 13 heavy (non-hydrogen) atoms. The maximum Gasteiger partial charge on any atom is 0.178 e. The van der Waals surface area contributed by atoms with Gasteiger partial charge in [0.05, 0.1) is 5.52 Å². The number of aromatic amines is 1. The molecule has 0 spiro atoms. The summed E-state index contributed by atoms with van der Waals surface area (Å²) in [5.41, 5.74) is 8.22. The second-order valence-corrected chi connectivity index (χ2v) is 3.46. The highest BCUT2D eigenvalue weighted by Gasteiger charge is 2.02. The summed E-state index contributed by atoms with van der Waals surface area (Å²) in [6.45, 7) is 0.510. The first-order valence-corrected chi connectivity index (χ1v) is 5.14. The SMILES string of the molecule is CSc1nc2ncc(CN)cc2[nH]1. The van der Waals surface area contributed by atoms with Gasteiger partial charge >= 0.3 is 0 Å². The van der Waals surface area contributed by atoms with Crippen molar-refractivity contribution < 1.29 is 0 Å². The second-order valence-electron chi connectivity index (χ2n) is 2.66. The molecule has 0 aliphatic rings. The van der Waals surface area contributed by atoms with Gasteiger partial charge in [0.15, 0.2) is 10.8 Å².